The zero-order chi connectivity index (χ0) is 22.9. The highest BCUT2D eigenvalue weighted by atomic mass is 16.5. The maximum Gasteiger partial charge on any atom is 0.257 e. The van der Waals surface area contributed by atoms with Crippen molar-refractivity contribution < 1.29 is 14.8 Å². The molecule has 3 aromatic carbocycles. The van der Waals surface area contributed by atoms with Crippen LogP contribution in [0, 0.1) is 4.91 Å². The van der Waals surface area contributed by atoms with Crippen molar-refractivity contribution >= 4 is 28.3 Å². The van der Waals surface area contributed by atoms with Gasteiger partial charge in [0.15, 0.2) is 12.9 Å². The third-order valence-corrected chi connectivity index (χ3v) is 5.19. The highest BCUT2D eigenvalue weighted by molar-refractivity contribution is 6.04. The monoisotopic (exact) mass is 440 g/mol. The second kappa shape index (κ2) is 8.00. The minimum atomic E-state index is -0.253. The van der Waals surface area contributed by atoms with E-state index in [-0.39, 0.29) is 5.91 Å². The van der Waals surface area contributed by atoms with Gasteiger partial charge in [-0.3, -0.25) is 4.79 Å². The van der Waals surface area contributed by atoms with E-state index in [1.165, 1.54) is 13.4 Å². The molecule has 0 fully saturated rings. The van der Waals surface area contributed by atoms with E-state index in [0.717, 1.165) is 10.4 Å². The third-order valence-electron chi connectivity index (χ3n) is 5.19. The zero-order valence-corrected chi connectivity index (χ0v) is 17.5. The van der Waals surface area contributed by atoms with E-state index >= 15 is 0 Å². The van der Waals surface area contributed by atoms with Gasteiger partial charge in [-0.15, -0.1) is 0 Å². The minimum Gasteiger partial charge on any atom is -0.426 e. The number of anilines is 1. The summed E-state index contributed by atoms with van der Waals surface area (Å²) in [7, 11) is 1.39. The maximum absolute atomic E-state index is 12.6. The number of nitrogens with one attached hydrogen (secondary N) is 1. The first-order chi connectivity index (χ1) is 16.0. The van der Waals surface area contributed by atoms with Gasteiger partial charge < -0.3 is 10.5 Å². The van der Waals surface area contributed by atoms with Crippen LogP contribution in [0.15, 0.2) is 79.4 Å². The number of nitrogens with zero attached hydrogens (tertiary/aromatic N) is 6. The van der Waals surface area contributed by atoms with Gasteiger partial charge in [-0.25, -0.2) is 14.6 Å². The quantitative estimate of drug-likeness (QED) is 0.317. The Balaban J connectivity index is 1.34. The number of aromatic nitrogens is 5. The maximum atomic E-state index is 12.6. The molecule has 1 amide bonds. The average molecular weight is 440 g/mol. The summed E-state index contributed by atoms with van der Waals surface area (Å²) in [5.74, 6) is 0.0776. The third kappa shape index (κ3) is 3.81. The van der Waals surface area contributed by atoms with Gasteiger partial charge in [-0.05, 0) is 54.6 Å². The molecule has 0 bridgehead atoms. The summed E-state index contributed by atoms with van der Waals surface area (Å²) in [5, 5.41) is 17.5. The van der Waals surface area contributed by atoms with Crippen LogP contribution in [0.3, 0.4) is 0 Å². The molecule has 0 spiro atoms. The highest BCUT2D eigenvalue weighted by Gasteiger charge is 2.16. The predicted octanol–water partition coefficient (Wildman–Crippen LogP) is 3.81. The van der Waals surface area contributed by atoms with E-state index in [0.29, 0.717) is 44.1 Å². The van der Waals surface area contributed by atoms with Crippen LogP contribution in [0.1, 0.15) is 10.4 Å². The topological polar surface area (TPSA) is 118 Å². The van der Waals surface area contributed by atoms with Gasteiger partial charge in [-0.1, -0.05) is 0 Å². The average Bonchev–Trinajstić information content (AvgIpc) is 3.48. The first-order valence-electron chi connectivity index (χ1n) is 9.99. The Morgan fingerprint density at radius 1 is 1.03 bits per heavy atom. The van der Waals surface area contributed by atoms with Crippen LogP contribution < -0.4 is 5.32 Å². The number of imidazole rings is 1. The van der Waals surface area contributed by atoms with E-state index in [9.17, 15) is 14.9 Å². The van der Waals surface area contributed by atoms with Crippen molar-refractivity contribution in [2.24, 2.45) is 0 Å². The molecular formula is C23H18N7O3+. The Labute approximate surface area is 187 Å². The molecule has 2 N–H and O–H groups in total. The Morgan fingerprint density at radius 3 is 2.45 bits per heavy atom. The Hall–Kier alpha value is -4.86. The second-order valence-electron chi connectivity index (χ2n) is 7.34. The lowest BCUT2D eigenvalue weighted by molar-refractivity contribution is -0.428. The number of hydrogen-bond acceptors (Lipinski definition) is 6. The highest BCUT2D eigenvalue weighted by Crippen LogP contribution is 2.27. The second-order valence-corrected chi connectivity index (χ2v) is 7.34. The predicted molar refractivity (Wildman–Crippen MR) is 121 cm³/mol. The first kappa shape index (κ1) is 20.1. The van der Waals surface area contributed by atoms with Gasteiger partial charge in [0.05, 0.1) is 11.2 Å². The van der Waals surface area contributed by atoms with Gasteiger partial charge in [-0.2, -0.15) is 9.83 Å². The van der Waals surface area contributed by atoms with Crippen molar-refractivity contribution in [3.8, 4) is 17.1 Å². The van der Waals surface area contributed by atoms with Gasteiger partial charge in [0.1, 0.15) is 18.2 Å². The standard InChI is InChI=1S/C23H17N7O3/c1-28(32)19-10-11-20-21(12-19)30(33)22(27-20)15-2-6-17(7-3-15)26-23(31)16-4-8-18(9-5-16)29-14-24-13-25-29/h2-14H,1H3,(H-,26,27,31,32,33)/p+1. The largest absolute Gasteiger partial charge is 0.426 e. The minimum absolute atomic E-state index is 0.253. The molecule has 2 heterocycles. The van der Waals surface area contributed by atoms with E-state index in [1.54, 1.807) is 77.7 Å². The fourth-order valence-electron chi connectivity index (χ4n) is 3.45. The molecule has 162 valence electrons. The molecule has 0 unspecified atom stereocenters. The molecule has 10 heteroatoms. The fourth-order valence-corrected chi connectivity index (χ4v) is 3.45. The van der Waals surface area contributed by atoms with Gasteiger partial charge in [0.25, 0.3) is 11.6 Å². The molecule has 0 radical (unpaired) electrons. The van der Waals surface area contributed by atoms with Gasteiger partial charge in [0.2, 0.25) is 0 Å². The molecule has 2 aromatic heterocycles. The number of benzene rings is 3. The molecule has 0 aliphatic rings. The lowest BCUT2D eigenvalue weighted by atomic mass is 10.1. The lowest BCUT2D eigenvalue weighted by Crippen LogP contribution is -2.12. The van der Waals surface area contributed by atoms with Crippen molar-refractivity contribution in [1.29, 1.82) is 0 Å². The first-order valence-corrected chi connectivity index (χ1v) is 9.99. The molecule has 33 heavy (non-hydrogen) atoms. The molecular weight excluding hydrogens is 422 g/mol. The molecule has 5 aromatic rings. The Morgan fingerprint density at radius 2 is 1.79 bits per heavy atom. The van der Waals surface area contributed by atoms with E-state index in [4.69, 9.17) is 0 Å². The number of rotatable bonds is 5. The van der Waals surface area contributed by atoms with Crippen LogP contribution in [0.2, 0.25) is 0 Å². The fraction of sp³-hybridized carbons (Fsp3) is 0.0435. The van der Waals surface area contributed by atoms with Crippen LogP contribution >= 0.6 is 0 Å². The molecule has 0 atom stereocenters. The summed E-state index contributed by atoms with van der Waals surface area (Å²) in [6.07, 6.45) is 3.02. The van der Waals surface area contributed by atoms with E-state index < -0.39 is 0 Å². The number of amides is 1. The zero-order valence-electron chi connectivity index (χ0n) is 17.5. The Bertz CT molecular complexity index is 1470. The molecule has 0 saturated carbocycles. The van der Waals surface area contributed by atoms with Crippen LogP contribution in [0.4, 0.5) is 11.4 Å². The van der Waals surface area contributed by atoms with Crippen molar-refractivity contribution in [3.63, 3.8) is 0 Å². The van der Waals surface area contributed by atoms with E-state index in [1.807, 2.05) is 0 Å². The van der Waals surface area contributed by atoms with Crippen LogP contribution in [0.25, 0.3) is 28.1 Å². The summed E-state index contributed by atoms with van der Waals surface area (Å²) in [4.78, 5) is 32.5. The summed E-state index contributed by atoms with van der Waals surface area (Å²) < 4.78 is 3.27. The van der Waals surface area contributed by atoms with Gasteiger partial charge >= 0.3 is 0 Å². The molecule has 10 nitrogen and oxygen atoms in total. The summed E-state index contributed by atoms with van der Waals surface area (Å²) in [6.45, 7) is 0. The summed E-state index contributed by atoms with van der Waals surface area (Å²) >= 11 is 0. The smallest absolute Gasteiger partial charge is 0.257 e. The van der Waals surface area contributed by atoms with Crippen molar-refractivity contribution in [2.45, 2.75) is 0 Å². The van der Waals surface area contributed by atoms with Crippen molar-refractivity contribution in [2.75, 3.05) is 12.4 Å². The number of hydrogen-bond donors (Lipinski definition) is 2. The molecule has 0 aliphatic carbocycles. The molecule has 0 saturated heterocycles. The SMILES string of the molecule is C[N+](=O)c1ccc2nc(-c3ccc(NC(=O)c4ccc(-n5cncn5)cc4)cc3)n(O)c2c1. The summed E-state index contributed by atoms with van der Waals surface area (Å²) in [5.41, 5.74) is 3.95. The van der Waals surface area contributed by atoms with Crippen LogP contribution in [0.5, 0.6) is 0 Å². The number of nitroso groups, excluding NO2 is 1. The van der Waals surface area contributed by atoms with E-state index in [2.05, 4.69) is 20.4 Å². The number of carbonyl (C=O) groups is 1. The normalized spacial score (nSPS) is 10.9. The molecule has 5 rings (SSSR count). The summed E-state index contributed by atoms with van der Waals surface area (Å²) in [6, 6.07) is 18.8. The lowest BCUT2D eigenvalue weighted by Gasteiger charge is -2.07. The van der Waals surface area contributed by atoms with Crippen molar-refractivity contribution in [1.82, 2.24) is 24.5 Å². The number of carbonyl (C=O) groups excluding carboxylic acids is 1. The van der Waals surface area contributed by atoms with Crippen LogP contribution in [-0.4, -0.2) is 47.4 Å². The van der Waals surface area contributed by atoms with Crippen LogP contribution in [-0.2, 0) is 0 Å². The molecule has 0 aliphatic heterocycles. The Kier molecular flexibility index (Phi) is 4.87. The van der Waals surface area contributed by atoms with Gasteiger partial charge in [0, 0.05) is 38.6 Å². The van der Waals surface area contributed by atoms with Crippen molar-refractivity contribution in [3.05, 3.63) is 89.9 Å². The number of fused-ring (bicyclic) bond motifs is 1.